The number of anilines is 1. The molecule has 2 heterocycles. The third-order valence-electron chi connectivity index (χ3n) is 5.74. The first-order valence-electron chi connectivity index (χ1n) is 10.8. The van der Waals surface area contributed by atoms with Gasteiger partial charge in [-0.3, -0.25) is 14.6 Å². The van der Waals surface area contributed by atoms with Crippen LogP contribution in [0.2, 0.25) is 0 Å². The van der Waals surface area contributed by atoms with Gasteiger partial charge in [0.25, 0.3) is 5.91 Å². The average molecular weight is 437 g/mol. The Morgan fingerprint density at radius 3 is 2.66 bits per heavy atom. The maximum Gasteiger partial charge on any atom is 0.303 e. The fourth-order valence-electron chi connectivity index (χ4n) is 3.88. The Morgan fingerprint density at radius 2 is 1.94 bits per heavy atom. The largest absolute Gasteiger partial charge is 0.490 e. The summed E-state index contributed by atoms with van der Waals surface area (Å²) in [5.74, 6) is -0.413. The van der Waals surface area contributed by atoms with E-state index in [1.54, 1.807) is 24.4 Å². The zero-order valence-corrected chi connectivity index (χ0v) is 18.0. The van der Waals surface area contributed by atoms with Crippen molar-refractivity contribution in [2.24, 2.45) is 11.0 Å². The predicted octanol–water partition coefficient (Wildman–Crippen LogP) is 3.02. The number of morpholine rings is 1. The molecule has 2 aliphatic rings. The lowest BCUT2D eigenvalue weighted by Crippen LogP contribution is -2.32. The number of hydrazone groups is 1. The van der Waals surface area contributed by atoms with Crippen molar-refractivity contribution in [2.75, 3.05) is 31.6 Å². The third-order valence-corrected chi connectivity index (χ3v) is 5.74. The number of amides is 1. The summed E-state index contributed by atoms with van der Waals surface area (Å²) in [6.07, 6.45) is 2.27. The molecule has 8 nitrogen and oxygen atoms in total. The topological polar surface area (TPSA) is 100 Å². The van der Waals surface area contributed by atoms with Gasteiger partial charge in [0, 0.05) is 17.2 Å². The number of carbonyl (C=O) groups is 2. The third kappa shape index (κ3) is 5.45. The van der Waals surface area contributed by atoms with E-state index in [2.05, 4.69) is 10.4 Å². The summed E-state index contributed by atoms with van der Waals surface area (Å²) in [7, 11) is 0. The summed E-state index contributed by atoms with van der Waals surface area (Å²) < 4.78 is 11.2. The normalized spacial score (nSPS) is 20.5. The molecule has 1 amide bonds. The molecule has 0 radical (unpaired) electrons. The SMILES string of the molecule is CC1Oc2ccc(NC(=O)c3ccc(C=NN4CCOCC4)cc3)cc2CC1CC(=O)O. The minimum atomic E-state index is -0.836. The van der Waals surface area contributed by atoms with E-state index in [1.807, 2.05) is 36.2 Å². The van der Waals surface area contributed by atoms with E-state index in [-0.39, 0.29) is 24.3 Å². The van der Waals surface area contributed by atoms with E-state index < -0.39 is 5.97 Å². The average Bonchev–Trinajstić information content (AvgIpc) is 2.79. The van der Waals surface area contributed by atoms with Crippen molar-refractivity contribution in [3.05, 3.63) is 59.2 Å². The van der Waals surface area contributed by atoms with Crippen molar-refractivity contribution in [2.45, 2.75) is 25.9 Å². The minimum Gasteiger partial charge on any atom is -0.490 e. The van der Waals surface area contributed by atoms with Crippen molar-refractivity contribution in [3.8, 4) is 5.75 Å². The van der Waals surface area contributed by atoms with Crippen LogP contribution < -0.4 is 10.1 Å². The van der Waals surface area contributed by atoms with Gasteiger partial charge in [0.1, 0.15) is 5.75 Å². The van der Waals surface area contributed by atoms with E-state index in [4.69, 9.17) is 14.6 Å². The molecule has 2 atom stereocenters. The number of ether oxygens (including phenoxy) is 2. The van der Waals surface area contributed by atoms with Crippen molar-refractivity contribution in [1.82, 2.24) is 5.01 Å². The molecule has 1 saturated heterocycles. The highest BCUT2D eigenvalue weighted by atomic mass is 16.5. The van der Waals surface area contributed by atoms with E-state index in [9.17, 15) is 9.59 Å². The zero-order valence-electron chi connectivity index (χ0n) is 18.0. The van der Waals surface area contributed by atoms with Crippen LogP contribution in [0, 0.1) is 5.92 Å². The number of hydrogen-bond acceptors (Lipinski definition) is 6. The number of carboxylic acid groups (broad SMARTS) is 1. The Bertz CT molecular complexity index is 999. The first-order chi connectivity index (χ1) is 15.5. The molecular weight excluding hydrogens is 410 g/mol. The van der Waals surface area contributed by atoms with Gasteiger partial charge in [-0.05, 0) is 54.8 Å². The molecule has 2 aromatic carbocycles. The predicted molar refractivity (Wildman–Crippen MR) is 120 cm³/mol. The highest BCUT2D eigenvalue weighted by Crippen LogP contribution is 2.34. The van der Waals surface area contributed by atoms with Crippen LogP contribution in [0.5, 0.6) is 5.75 Å². The van der Waals surface area contributed by atoms with E-state index in [0.717, 1.165) is 30.0 Å². The van der Waals surface area contributed by atoms with E-state index in [1.165, 1.54) is 0 Å². The quantitative estimate of drug-likeness (QED) is 0.674. The van der Waals surface area contributed by atoms with Crippen molar-refractivity contribution >= 4 is 23.8 Å². The minimum absolute atomic E-state index is 0.0540. The number of fused-ring (bicyclic) bond motifs is 1. The number of carboxylic acids is 1. The second-order valence-electron chi connectivity index (χ2n) is 8.09. The smallest absolute Gasteiger partial charge is 0.303 e. The molecule has 168 valence electrons. The van der Waals surface area contributed by atoms with Crippen LogP contribution in [0.1, 0.15) is 34.8 Å². The van der Waals surface area contributed by atoms with Crippen LogP contribution in [0.4, 0.5) is 5.69 Å². The van der Waals surface area contributed by atoms with Crippen LogP contribution in [-0.4, -0.2) is 60.6 Å². The van der Waals surface area contributed by atoms with Crippen LogP contribution in [-0.2, 0) is 16.0 Å². The Morgan fingerprint density at radius 1 is 1.19 bits per heavy atom. The molecule has 1 fully saturated rings. The summed E-state index contributed by atoms with van der Waals surface area (Å²) >= 11 is 0. The maximum atomic E-state index is 12.7. The van der Waals surface area contributed by atoms with Gasteiger partial charge < -0.3 is 19.9 Å². The highest BCUT2D eigenvalue weighted by Gasteiger charge is 2.28. The molecule has 2 aromatic rings. The van der Waals surface area contributed by atoms with Gasteiger partial charge in [-0.1, -0.05) is 12.1 Å². The number of hydrogen-bond donors (Lipinski definition) is 2. The summed E-state index contributed by atoms with van der Waals surface area (Å²) in [4.78, 5) is 23.8. The van der Waals surface area contributed by atoms with Crippen LogP contribution >= 0.6 is 0 Å². The van der Waals surface area contributed by atoms with Gasteiger partial charge in [-0.2, -0.15) is 5.10 Å². The highest BCUT2D eigenvalue weighted by molar-refractivity contribution is 6.04. The summed E-state index contributed by atoms with van der Waals surface area (Å²) in [6, 6.07) is 12.7. The molecule has 0 aliphatic carbocycles. The first kappa shape index (κ1) is 21.8. The molecule has 2 N–H and O–H groups in total. The standard InChI is InChI=1S/C24H27N3O5/c1-16-19(14-23(28)29)12-20-13-21(6-7-22(20)32-16)26-24(30)18-4-2-17(3-5-18)15-25-27-8-10-31-11-9-27/h2-7,13,15-16,19H,8-12,14H2,1H3,(H,26,30)(H,28,29). The summed E-state index contributed by atoms with van der Waals surface area (Å²) in [5, 5.41) is 18.4. The number of nitrogens with zero attached hydrogens (tertiary/aromatic N) is 2. The first-order valence-corrected chi connectivity index (χ1v) is 10.8. The Balaban J connectivity index is 1.38. The summed E-state index contributed by atoms with van der Waals surface area (Å²) in [6.45, 7) is 4.81. The summed E-state index contributed by atoms with van der Waals surface area (Å²) in [5.41, 5.74) is 3.01. The lowest BCUT2D eigenvalue weighted by Gasteiger charge is -2.31. The fraction of sp³-hybridized carbons (Fsp3) is 0.375. The van der Waals surface area contributed by atoms with Gasteiger partial charge in [0.2, 0.25) is 0 Å². The number of benzene rings is 2. The molecule has 0 spiro atoms. The monoisotopic (exact) mass is 437 g/mol. The number of rotatable bonds is 6. The van der Waals surface area contributed by atoms with Crippen LogP contribution in [0.15, 0.2) is 47.6 Å². The van der Waals surface area contributed by atoms with Crippen LogP contribution in [0.3, 0.4) is 0 Å². The number of nitrogens with one attached hydrogen (secondary N) is 1. The van der Waals surface area contributed by atoms with Crippen molar-refractivity contribution in [1.29, 1.82) is 0 Å². The van der Waals surface area contributed by atoms with Crippen molar-refractivity contribution < 1.29 is 24.2 Å². The second-order valence-corrected chi connectivity index (χ2v) is 8.09. The van der Waals surface area contributed by atoms with Crippen LogP contribution in [0.25, 0.3) is 0 Å². The Hall–Kier alpha value is -3.39. The van der Waals surface area contributed by atoms with Gasteiger partial charge >= 0.3 is 5.97 Å². The van der Waals surface area contributed by atoms with Crippen molar-refractivity contribution in [3.63, 3.8) is 0 Å². The van der Waals surface area contributed by atoms with Gasteiger partial charge in [0.15, 0.2) is 0 Å². The number of carbonyl (C=O) groups excluding carboxylic acids is 1. The van der Waals surface area contributed by atoms with Gasteiger partial charge in [0.05, 0.1) is 45.0 Å². The Labute approximate surface area is 186 Å². The zero-order chi connectivity index (χ0) is 22.5. The molecule has 0 aromatic heterocycles. The number of aliphatic carboxylic acids is 1. The lowest BCUT2D eigenvalue weighted by atomic mass is 9.88. The molecule has 0 bridgehead atoms. The van der Waals surface area contributed by atoms with Gasteiger partial charge in [-0.15, -0.1) is 0 Å². The Kier molecular flexibility index (Phi) is 6.70. The molecule has 4 rings (SSSR count). The molecule has 8 heteroatoms. The fourth-order valence-corrected chi connectivity index (χ4v) is 3.88. The molecule has 2 aliphatic heterocycles. The van der Waals surface area contributed by atoms with E-state index in [0.29, 0.717) is 30.9 Å². The maximum absolute atomic E-state index is 12.7. The van der Waals surface area contributed by atoms with Gasteiger partial charge in [-0.25, -0.2) is 0 Å². The van der Waals surface area contributed by atoms with E-state index >= 15 is 0 Å². The lowest BCUT2D eigenvalue weighted by molar-refractivity contribution is -0.139. The molecular formula is C24H27N3O5. The molecule has 2 unspecified atom stereocenters. The molecule has 32 heavy (non-hydrogen) atoms. The molecule has 0 saturated carbocycles. The second kappa shape index (κ2) is 9.82.